The average molecular weight is 295 g/mol. The number of hydrogen-bond donors (Lipinski definition) is 2. The third kappa shape index (κ3) is 2.48. The molecule has 7 nitrogen and oxygen atoms in total. The van der Waals surface area contributed by atoms with Crippen LogP contribution in [-0.4, -0.2) is 21.0 Å². The van der Waals surface area contributed by atoms with Crippen LogP contribution in [0.15, 0.2) is 18.2 Å². The lowest BCUT2D eigenvalue weighted by Crippen LogP contribution is -2.14. The Morgan fingerprint density at radius 1 is 1.40 bits per heavy atom. The first kappa shape index (κ1) is 14.0. The molecule has 0 unspecified atom stereocenters. The van der Waals surface area contributed by atoms with Crippen LogP contribution in [0, 0.1) is 24.0 Å². The number of aryl methyl sites for hydroxylation is 2. The minimum absolute atomic E-state index is 0.207. The number of para-hydroxylation sites is 1. The molecular formula is C12H11ClN4O3. The molecule has 1 aromatic heterocycles. The van der Waals surface area contributed by atoms with Gasteiger partial charge in [-0.25, -0.2) is 0 Å². The first-order valence-corrected chi connectivity index (χ1v) is 6.05. The Labute approximate surface area is 119 Å². The van der Waals surface area contributed by atoms with E-state index in [9.17, 15) is 14.9 Å². The van der Waals surface area contributed by atoms with Crippen LogP contribution in [0.25, 0.3) is 0 Å². The van der Waals surface area contributed by atoms with Gasteiger partial charge in [0.15, 0.2) is 10.7 Å². The highest BCUT2D eigenvalue weighted by atomic mass is 35.5. The van der Waals surface area contributed by atoms with E-state index >= 15 is 0 Å². The molecule has 2 aromatic rings. The zero-order valence-electron chi connectivity index (χ0n) is 10.7. The van der Waals surface area contributed by atoms with Crippen molar-refractivity contribution in [2.45, 2.75) is 13.8 Å². The number of hydrogen-bond acceptors (Lipinski definition) is 4. The van der Waals surface area contributed by atoms with E-state index < -0.39 is 16.6 Å². The molecule has 2 N–H and O–H groups in total. The highest BCUT2D eigenvalue weighted by molar-refractivity contribution is 6.35. The van der Waals surface area contributed by atoms with E-state index in [4.69, 9.17) is 11.6 Å². The van der Waals surface area contributed by atoms with E-state index in [1.807, 2.05) is 32.0 Å². The number of anilines is 1. The van der Waals surface area contributed by atoms with E-state index in [2.05, 4.69) is 15.5 Å². The van der Waals surface area contributed by atoms with Crippen molar-refractivity contribution in [3.63, 3.8) is 0 Å². The molecule has 0 atom stereocenters. The number of aromatic amines is 1. The van der Waals surface area contributed by atoms with Gasteiger partial charge in [0, 0.05) is 5.69 Å². The van der Waals surface area contributed by atoms with Gasteiger partial charge in [0.05, 0.1) is 0 Å². The third-order valence-electron chi connectivity index (χ3n) is 2.81. The first-order chi connectivity index (χ1) is 9.41. The molecule has 104 valence electrons. The lowest BCUT2D eigenvalue weighted by atomic mass is 10.1. The summed E-state index contributed by atoms with van der Waals surface area (Å²) in [6, 6.07) is 5.56. The fourth-order valence-electron chi connectivity index (χ4n) is 1.77. The lowest BCUT2D eigenvalue weighted by molar-refractivity contribution is -0.389. The Morgan fingerprint density at radius 3 is 2.50 bits per heavy atom. The quantitative estimate of drug-likeness (QED) is 0.671. The maximum absolute atomic E-state index is 12.1. The number of benzene rings is 1. The lowest BCUT2D eigenvalue weighted by Gasteiger charge is -2.09. The largest absolute Gasteiger partial charge is 0.362 e. The second kappa shape index (κ2) is 5.30. The summed E-state index contributed by atoms with van der Waals surface area (Å²) in [6.45, 7) is 3.69. The minimum Gasteiger partial charge on any atom is -0.358 e. The van der Waals surface area contributed by atoms with Crippen molar-refractivity contribution >= 4 is 29.0 Å². The van der Waals surface area contributed by atoms with Gasteiger partial charge in [0.1, 0.15) is 0 Å². The maximum Gasteiger partial charge on any atom is 0.362 e. The van der Waals surface area contributed by atoms with E-state index in [1.165, 1.54) is 0 Å². The van der Waals surface area contributed by atoms with E-state index in [-0.39, 0.29) is 10.7 Å². The molecule has 0 aliphatic heterocycles. The summed E-state index contributed by atoms with van der Waals surface area (Å²) in [6.07, 6.45) is 0. The summed E-state index contributed by atoms with van der Waals surface area (Å²) in [7, 11) is 0. The molecule has 1 heterocycles. The monoisotopic (exact) mass is 294 g/mol. The topological polar surface area (TPSA) is 101 Å². The molecular weight excluding hydrogens is 284 g/mol. The number of amides is 1. The second-order valence-electron chi connectivity index (χ2n) is 4.21. The van der Waals surface area contributed by atoms with Crippen molar-refractivity contribution < 1.29 is 9.72 Å². The van der Waals surface area contributed by atoms with Gasteiger partial charge in [-0.15, -0.1) is 5.10 Å². The Balaban J connectivity index is 2.32. The number of halogens is 1. The number of nitrogens with zero attached hydrogens (tertiary/aromatic N) is 2. The van der Waals surface area contributed by atoms with E-state index in [0.717, 1.165) is 11.1 Å². The van der Waals surface area contributed by atoms with Gasteiger partial charge in [-0.2, -0.15) is 0 Å². The van der Waals surface area contributed by atoms with Gasteiger partial charge in [0.25, 0.3) is 5.91 Å². The SMILES string of the molecule is Cc1cccc(C)c1NC(=O)c1n[nH]c([N+](=O)[O-])c1Cl. The average Bonchev–Trinajstić information content (AvgIpc) is 2.76. The second-order valence-corrected chi connectivity index (χ2v) is 4.59. The van der Waals surface area contributed by atoms with Crippen molar-refractivity contribution in [2.75, 3.05) is 5.32 Å². The van der Waals surface area contributed by atoms with Gasteiger partial charge in [-0.05, 0) is 29.9 Å². The molecule has 1 aromatic carbocycles. The minimum atomic E-state index is -0.731. The van der Waals surface area contributed by atoms with Crippen molar-refractivity contribution in [3.05, 3.63) is 50.2 Å². The van der Waals surface area contributed by atoms with Gasteiger partial charge in [0.2, 0.25) is 0 Å². The van der Waals surface area contributed by atoms with E-state index in [1.54, 1.807) is 0 Å². The van der Waals surface area contributed by atoms with Crippen molar-refractivity contribution in [1.29, 1.82) is 0 Å². The highest BCUT2D eigenvalue weighted by Gasteiger charge is 2.25. The molecule has 20 heavy (non-hydrogen) atoms. The third-order valence-corrected chi connectivity index (χ3v) is 3.16. The zero-order chi connectivity index (χ0) is 14.9. The summed E-state index contributed by atoms with van der Waals surface area (Å²) >= 11 is 5.76. The van der Waals surface area contributed by atoms with Gasteiger partial charge < -0.3 is 15.4 Å². The summed E-state index contributed by atoms with van der Waals surface area (Å²) in [5.41, 5.74) is 2.18. The predicted molar refractivity (Wildman–Crippen MR) is 74.1 cm³/mol. The van der Waals surface area contributed by atoms with Gasteiger partial charge in [-0.3, -0.25) is 4.79 Å². The molecule has 0 bridgehead atoms. The van der Waals surface area contributed by atoms with Crippen LogP contribution >= 0.6 is 11.6 Å². The molecule has 2 rings (SSSR count). The molecule has 0 aliphatic carbocycles. The number of nitro groups is 1. The van der Waals surface area contributed by atoms with Crippen molar-refractivity contribution in [2.24, 2.45) is 0 Å². The molecule has 0 spiro atoms. The van der Waals surface area contributed by atoms with Crippen LogP contribution in [-0.2, 0) is 0 Å². The molecule has 1 amide bonds. The van der Waals surface area contributed by atoms with Crippen LogP contribution in [0.2, 0.25) is 5.02 Å². The normalized spacial score (nSPS) is 10.3. The van der Waals surface area contributed by atoms with Crippen LogP contribution in [0.3, 0.4) is 0 Å². The first-order valence-electron chi connectivity index (χ1n) is 5.67. The summed E-state index contributed by atoms with van der Waals surface area (Å²) < 4.78 is 0. The number of carbonyl (C=O) groups is 1. The number of nitrogens with one attached hydrogen (secondary N) is 2. The maximum atomic E-state index is 12.1. The zero-order valence-corrected chi connectivity index (χ0v) is 11.5. The fraction of sp³-hybridized carbons (Fsp3) is 0.167. The smallest absolute Gasteiger partial charge is 0.358 e. The van der Waals surface area contributed by atoms with Gasteiger partial charge >= 0.3 is 5.82 Å². The molecule has 8 heteroatoms. The van der Waals surface area contributed by atoms with Crippen molar-refractivity contribution in [1.82, 2.24) is 10.2 Å². The summed E-state index contributed by atoms with van der Waals surface area (Å²) in [5, 5.41) is 18.7. The summed E-state index contributed by atoms with van der Waals surface area (Å²) in [5.74, 6) is -1.10. The molecule has 0 aliphatic rings. The number of H-pyrrole nitrogens is 1. The van der Waals surface area contributed by atoms with Crippen LogP contribution in [0.4, 0.5) is 11.5 Å². The van der Waals surface area contributed by atoms with E-state index in [0.29, 0.717) is 5.69 Å². The fourth-order valence-corrected chi connectivity index (χ4v) is 2.01. The predicted octanol–water partition coefficient (Wildman–Crippen LogP) is 2.84. The molecule has 0 saturated carbocycles. The highest BCUT2D eigenvalue weighted by Crippen LogP contribution is 2.26. The van der Waals surface area contributed by atoms with Gasteiger partial charge in [-0.1, -0.05) is 34.9 Å². The summed E-state index contributed by atoms with van der Waals surface area (Å²) in [4.78, 5) is 22.0. The number of carbonyl (C=O) groups excluding carboxylic acids is 1. The number of aromatic nitrogens is 2. The Bertz CT molecular complexity index is 676. The van der Waals surface area contributed by atoms with Crippen LogP contribution < -0.4 is 5.32 Å². The molecule has 0 radical (unpaired) electrons. The molecule has 0 saturated heterocycles. The standard InChI is InChI=1S/C12H11ClN4O3/c1-6-4-3-5-7(2)9(6)14-12(18)10-8(13)11(16-15-10)17(19)20/h3-5H,1-2H3,(H,14,18)(H,15,16). The van der Waals surface area contributed by atoms with Crippen molar-refractivity contribution in [3.8, 4) is 0 Å². The molecule has 0 fully saturated rings. The van der Waals surface area contributed by atoms with Crippen LogP contribution in [0.5, 0.6) is 0 Å². The number of rotatable bonds is 3. The Hall–Kier alpha value is -2.41. The Morgan fingerprint density at radius 2 is 2.00 bits per heavy atom. The Kier molecular flexibility index (Phi) is 3.71. The van der Waals surface area contributed by atoms with Crippen LogP contribution in [0.1, 0.15) is 21.6 Å².